The van der Waals surface area contributed by atoms with Crippen molar-refractivity contribution in [3.8, 4) is 0 Å². The van der Waals surface area contributed by atoms with Crippen LogP contribution in [0.5, 0.6) is 0 Å². The summed E-state index contributed by atoms with van der Waals surface area (Å²) in [6, 6.07) is 13.7. The molecule has 2 aromatic rings. The van der Waals surface area contributed by atoms with E-state index in [1.807, 2.05) is 6.92 Å². The summed E-state index contributed by atoms with van der Waals surface area (Å²) in [5.41, 5.74) is 2.30. The lowest BCUT2D eigenvalue weighted by Crippen LogP contribution is -2.44. The van der Waals surface area contributed by atoms with Crippen molar-refractivity contribution >= 4 is 15.9 Å². The topological polar surface area (TPSA) is 66.5 Å². The molecular formula is C23H27FN2O3S. The number of hydrogen-bond donors (Lipinski definition) is 1. The van der Waals surface area contributed by atoms with Crippen molar-refractivity contribution in [2.75, 3.05) is 13.1 Å². The minimum Gasteiger partial charge on any atom is -0.349 e. The van der Waals surface area contributed by atoms with Gasteiger partial charge in [0.1, 0.15) is 10.7 Å². The number of nitrogens with zero attached hydrogens (tertiary/aromatic N) is 1. The monoisotopic (exact) mass is 430 g/mol. The molecule has 30 heavy (non-hydrogen) atoms. The maximum absolute atomic E-state index is 14.0. The third kappa shape index (κ3) is 4.42. The number of piperidine rings is 1. The molecule has 1 saturated carbocycles. The van der Waals surface area contributed by atoms with Gasteiger partial charge in [0, 0.05) is 19.0 Å². The number of rotatable bonds is 6. The van der Waals surface area contributed by atoms with E-state index in [2.05, 4.69) is 29.6 Å². The summed E-state index contributed by atoms with van der Waals surface area (Å²) in [4.78, 5) is 12.6. The minimum absolute atomic E-state index is 0.0123. The van der Waals surface area contributed by atoms with Crippen molar-refractivity contribution in [3.05, 3.63) is 65.5 Å². The predicted molar refractivity (Wildman–Crippen MR) is 113 cm³/mol. The first-order valence-electron chi connectivity index (χ1n) is 10.5. The number of carbonyl (C=O) groups excluding carboxylic acids is 1. The third-order valence-electron chi connectivity index (χ3n) is 6.11. The number of carbonyl (C=O) groups is 1. The van der Waals surface area contributed by atoms with Crippen LogP contribution in [-0.2, 0) is 14.8 Å². The van der Waals surface area contributed by atoms with E-state index < -0.39 is 15.8 Å². The van der Waals surface area contributed by atoms with E-state index >= 15 is 0 Å². The second kappa shape index (κ2) is 8.47. The van der Waals surface area contributed by atoms with E-state index in [1.54, 1.807) is 0 Å². The molecule has 1 aliphatic heterocycles. The molecule has 1 aliphatic carbocycles. The van der Waals surface area contributed by atoms with Crippen LogP contribution in [0.3, 0.4) is 0 Å². The van der Waals surface area contributed by atoms with Crippen LogP contribution in [0.4, 0.5) is 4.39 Å². The van der Waals surface area contributed by atoms with Crippen molar-refractivity contribution in [2.45, 2.75) is 43.5 Å². The van der Waals surface area contributed by atoms with E-state index in [0.717, 1.165) is 24.5 Å². The van der Waals surface area contributed by atoms with Crippen LogP contribution in [0.2, 0.25) is 0 Å². The van der Waals surface area contributed by atoms with E-state index in [4.69, 9.17) is 0 Å². The van der Waals surface area contributed by atoms with Crippen LogP contribution >= 0.6 is 0 Å². The van der Waals surface area contributed by atoms with Crippen molar-refractivity contribution in [3.63, 3.8) is 0 Å². The van der Waals surface area contributed by atoms with Gasteiger partial charge in [-0.25, -0.2) is 12.8 Å². The van der Waals surface area contributed by atoms with Crippen LogP contribution in [0.25, 0.3) is 0 Å². The van der Waals surface area contributed by atoms with Crippen molar-refractivity contribution < 1.29 is 17.6 Å². The van der Waals surface area contributed by atoms with Gasteiger partial charge in [-0.3, -0.25) is 4.79 Å². The molecule has 4 rings (SSSR count). The van der Waals surface area contributed by atoms with Gasteiger partial charge in [0.25, 0.3) is 0 Å². The molecule has 1 amide bonds. The Balaban J connectivity index is 1.39. The number of sulfonamides is 1. The van der Waals surface area contributed by atoms with Gasteiger partial charge in [-0.15, -0.1) is 0 Å². The Morgan fingerprint density at radius 2 is 1.67 bits per heavy atom. The van der Waals surface area contributed by atoms with Gasteiger partial charge < -0.3 is 5.32 Å². The number of nitrogens with one attached hydrogen (secondary N) is 1. The quantitative estimate of drug-likeness (QED) is 0.758. The van der Waals surface area contributed by atoms with Gasteiger partial charge in [-0.1, -0.05) is 42.0 Å². The second-order valence-corrected chi connectivity index (χ2v) is 10.2. The molecular weight excluding hydrogens is 403 g/mol. The Morgan fingerprint density at radius 1 is 1.03 bits per heavy atom. The highest BCUT2D eigenvalue weighted by Crippen LogP contribution is 2.41. The van der Waals surface area contributed by atoms with Gasteiger partial charge in [0.15, 0.2) is 0 Å². The molecule has 1 saturated heterocycles. The Hall–Kier alpha value is -2.25. The molecule has 0 unspecified atom stereocenters. The average molecular weight is 431 g/mol. The molecule has 1 atom stereocenters. The predicted octanol–water partition coefficient (Wildman–Crippen LogP) is 3.80. The van der Waals surface area contributed by atoms with Gasteiger partial charge in [0.05, 0.1) is 6.04 Å². The van der Waals surface area contributed by atoms with Crippen LogP contribution in [0.15, 0.2) is 53.4 Å². The molecule has 160 valence electrons. The zero-order valence-electron chi connectivity index (χ0n) is 17.1. The zero-order valence-corrected chi connectivity index (χ0v) is 17.9. The first-order chi connectivity index (χ1) is 14.4. The lowest BCUT2D eigenvalue weighted by Gasteiger charge is -2.31. The number of halogens is 1. The Labute approximate surface area is 177 Å². The second-order valence-electron chi connectivity index (χ2n) is 8.34. The maximum Gasteiger partial charge on any atom is 0.245 e. The minimum atomic E-state index is -3.89. The summed E-state index contributed by atoms with van der Waals surface area (Å²) in [6.45, 7) is 2.47. The molecule has 2 fully saturated rings. The van der Waals surface area contributed by atoms with Gasteiger partial charge in [-0.2, -0.15) is 4.31 Å². The standard InChI is InChI=1S/C23H27FN2O3S/c1-16-6-8-17(9-7-16)22(18-10-11-18)25-23(27)19-12-14-26(15-13-19)30(28,29)21-5-3-2-4-20(21)24/h2-9,18-19,22H,10-15H2,1H3,(H,25,27)/t22-/m1/s1. The molecule has 1 heterocycles. The summed E-state index contributed by atoms with van der Waals surface area (Å²) >= 11 is 0. The molecule has 5 nitrogen and oxygen atoms in total. The Kier molecular flexibility index (Phi) is 5.93. The molecule has 0 spiro atoms. The van der Waals surface area contributed by atoms with E-state index in [-0.39, 0.29) is 35.9 Å². The molecule has 0 aromatic heterocycles. The fourth-order valence-electron chi connectivity index (χ4n) is 4.10. The molecule has 0 radical (unpaired) electrons. The number of benzene rings is 2. The molecule has 2 aliphatic rings. The fraction of sp³-hybridized carbons (Fsp3) is 0.435. The van der Waals surface area contributed by atoms with Crippen LogP contribution in [0, 0.1) is 24.6 Å². The summed E-state index contributed by atoms with van der Waals surface area (Å²) in [7, 11) is -3.89. The van der Waals surface area contributed by atoms with E-state index in [0.29, 0.717) is 18.8 Å². The van der Waals surface area contributed by atoms with Crippen LogP contribution < -0.4 is 5.32 Å². The Bertz CT molecular complexity index is 1010. The lowest BCUT2D eigenvalue weighted by molar-refractivity contribution is -0.127. The molecule has 7 heteroatoms. The number of hydrogen-bond acceptors (Lipinski definition) is 3. The lowest BCUT2D eigenvalue weighted by atomic mass is 9.95. The summed E-state index contributed by atoms with van der Waals surface area (Å²) in [6.07, 6.45) is 3.09. The first kappa shape index (κ1) is 21.0. The SMILES string of the molecule is Cc1ccc([C@@H](NC(=O)C2CCN(S(=O)(=O)c3ccccc3F)CC2)C2CC2)cc1. The van der Waals surface area contributed by atoms with Gasteiger partial charge in [-0.05, 0) is 56.2 Å². The Morgan fingerprint density at radius 3 is 2.27 bits per heavy atom. The number of aryl methyl sites for hydroxylation is 1. The highest BCUT2D eigenvalue weighted by molar-refractivity contribution is 7.89. The molecule has 0 bridgehead atoms. The van der Waals surface area contributed by atoms with Crippen LogP contribution in [-0.4, -0.2) is 31.7 Å². The molecule has 1 N–H and O–H groups in total. The first-order valence-corrected chi connectivity index (χ1v) is 11.9. The fourth-order valence-corrected chi connectivity index (χ4v) is 5.63. The van der Waals surface area contributed by atoms with Crippen LogP contribution in [0.1, 0.15) is 42.9 Å². The average Bonchev–Trinajstić information content (AvgIpc) is 3.58. The van der Waals surface area contributed by atoms with Crippen molar-refractivity contribution in [2.24, 2.45) is 11.8 Å². The summed E-state index contributed by atoms with van der Waals surface area (Å²) in [5.74, 6) is -0.528. The van der Waals surface area contributed by atoms with E-state index in [1.165, 1.54) is 28.1 Å². The smallest absolute Gasteiger partial charge is 0.245 e. The molecule has 2 aromatic carbocycles. The van der Waals surface area contributed by atoms with Crippen molar-refractivity contribution in [1.82, 2.24) is 9.62 Å². The third-order valence-corrected chi connectivity index (χ3v) is 8.04. The summed E-state index contributed by atoms with van der Waals surface area (Å²) in [5, 5.41) is 3.21. The zero-order chi connectivity index (χ0) is 21.3. The highest BCUT2D eigenvalue weighted by Gasteiger charge is 2.37. The van der Waals surface area contributed by atoms with Crippen molar-refractivity contribution in [1.29, 1.82) is 0 Å². The van der Waals surface area contributed by atoms with Gasteiger partial charge in [0.2, 0.25) is 15.9 Å². The maximum atomic E-state index is 14.0. The van der Waals surface area contributed by atoms with Gasteiger partial charge >= 0.3 is 0 Å². The largest absolute Gasteiger partial charge is 0.349 e. The normalized spacial score (nSPS) is 19.4. The van der Waals surface area contributed by atoms with E-state index in [9.17, 15) is 17.6 Å². The number of amides is 1. The highest BCUT2D eigenvalue weighted by atomic mass is 32.2. The summed E-state index contributed by atoms with van der Waals surface area (Å²) < 4.78 is 40.8.